The summed E-state index contributed by atoms with van der Waals surface area (Å²) in [4.78, 5) is 11.9. The van der Waals surface area contributed by atoms with E-state index in [0.29, 0.717) is 6.54 Å². The van der Waals surface area contributed by atoms with Crippen molar-refractivity contribution in [1.82, 2.24) is 9.62 Å². The van der Waals surface area contributed by atoms with Crippen LogP contribution in [0.1, 0.15) is 33.6 Å². The van der Waals surface area contributed by atoms with Gasteiger partial charge in [0.25, 0.3) is 0 Å². The summed E-state index contributed by atoms with van der Waals surface area (Å²) in [6, 6.07) is -0.255. The minimum absolute atomic E-state index is 0.0417. The number of nitrogens with one attached hydrogen (secondary N) is 1. The molecule has 1 N–H and O–H groups in total. The maximum absolute atomic E-state index is 12.3. The summed E-state index contributed by atoms with van der Waals surface area (Å²) < 4.78 is 13.8. The molecular formula is C12H22N2O2S. The van der Waals surface area contributed by atoms with E-state index in [9.17, 15) is 9.00 Å². The van der Waals surface area contributed by atoms with Crippen molar-refractivity contribution in [2.24, 2.45) is 0 Å². The first-order valence-corrected chi connectivity index (χ1v) is 7.06. The fraction of sp³-hybridized carbons (Fsp3) is 0.750. The van der Waals surface area contributed by atoms with Crippen molar-refractivity contribution in [1.29, 1.82) is 0 Å². The monoisotopic (exact) mass is 258 g/mol. The van der Waals surface area contributed by atoms with Crippen LogP contribution in [0.4, 0.5) is 0 Å². The van der Waals surface area contributed by atoms with E-state index >= 15 is 0 Å². The van der Waals surface area contributed by atoms with Gasteiger partial charge < -0.3 is 5.32 Å². The van der Waals surface area contributed by atoms with Gasteiger partial charge in [-0.1, -0.05) is 6.08 Å². The van der Waals surface area contributed by atoms with Crippen molar-refractivity contribution >= 4 is 16.9 Å². The van der Waals surface area contributed by atoms with Gasteiger partial charge in [0.1, 0.15) is 17.0 Å². The minimum atomic E-state index is -1.12. The number of rotatable bonds is 4. The van der Waals surface area contributed by atoms with E-state index < -0.39 is 11.0 Å². The number of carbonyl (C=O) groups is 1. The molecule has 0 spiro atoms. The predicted molar refractivity (Wildman–Crippen MR) is 70.8 cm³/mol. The van der Waals surface area contributed by atoms with E-state index in [2.05, 4.69) is 11.9 Å². The Balaban J connectivity index is 2.69. The van der Waals surface area contributed by atoms with Crippen molar-refractivity contribution in [3.8, 4) is 0 Å². The standard InChI is InChI=1S/C12H22N2O2S/c1-5-8-13-11(15)10-7-6-9-14(10)17(16)12(2,3)4/h5,10H,1,6-9H2,2-4H3,(H,13,15). The maximum atomic E-state index is 12.3. The van der Waals surface area contributed by atoms with Gasteiger partial charge >= 0.3 is 0 Å². The zero-order valence-corrected chi connectivity index (χ0v) is 11.7. The average molecular weight is 258 g/mol. The molecular weight excluding hydrogens is 236 g/mol. The Bertz CT molecular complexity index is 323. The molecule has 4 nitrogen and oxygen atoms in total. The second-order valence-electron chi connectivity index (χ2n) is 5.19. The number of carbonyl (C=O) groups excluding carboxylic acids is 1. The summed E-state index contributed by atoms with van der Waals surface area (Å²) in [6.07, 6.45) is 3.36. The number of hydrogen-bond donors (Lipinski definition) is 1. The first-order chi connectivity index (χ1) is 7.88. The highest BCUT2D eigenvalue weighted by Crippen LogP contribution is 2.25. The lowest BCUT2D eigenvalue weighted by Gasteiger charge is -2.29. The van der Waals surface area contributed by atoms with Gasteiger partial charge in [0.2, 0.25) is 5.91 Å². The molecule has 1 aliphatic rings. The fourth-order valence-corrected chi connectivity index (χ4v) is 3.27. The normalized spacial score (nSPS) is 23.4. The van der Waals surface area contributed by atoms with Gasteiger partial charge in [-0.25, -0.2) is 8.51 Å². The Hall–Kier alpha value is -0.680. The van der Waals surface area contributed by atoms with Crippen LogP contribution >= 0.6 is 0 Å². The van der Waals surface area contributed by atoms with Crippen molar-refractivity contribution in [3.05, 3.63) is 12.7 Å². The molecule has 17 heavy (non-hydrogen) atoms. The average Bonchev–Trinajstić information content (AvgIpc) is 2.72. The van der Waals surface area contributed by atoms with Crippen LogP contribution in [0.5, 0.6) is 0 Å². The Morgan fingerprint density at radius 2 is 2.24 bits per heavy atom. The summed E-state index contributed by atoms with van der Waals surface area (Å²) in [6.45, 7) is 10.6. The molecule has 0 aromatic rings. The van der Waals surface area contributed by atoms with E-state index in [-0.39, 0.29) is 16.7 Å². The molecule has 0 aliphatic carbocycles. The largest absolute Gasteiger partial charge is 0.351 e. The van der Waals surface area contributed by atoms with Gasteiger partial charge in [0.05, 0.1) is 4.75 Å². The lowest BCUT2D eigenvalue weighted by molar-refractivity contribution is -0.123. The molecule has 1 aliphatic heterocycles. The van der Waals surface area contributed by atoms with Crippen LogP contribution in [0.3, 0.4) is 0 Å². The van der Waals surface area contributed by atoms with Crippen LogP contribution in [0.2, 0.25) is 0 Å². The van der Waals surface area contributed by atoms with Crippen LogP contribution in [0.15, 0.2) is 12.7 Å². The van der Waals surface area contributed by atoms with E-state index in [1.54, 1.807) is 6.08 Å². The molecule has 0 aromatic heterocycles. The fourth-order valence-electron chi connectivity index (χ4n) is 1.84. The van der Waals surface area contributed by atoms with Crippen LogP contribution in [0, 0.1) is 0 Å². The van der Waals surface area contributed by atoms with Crippen molar-refractivity contribution < 1.29 is 9.00 Å². The van der Waals surface area contributed by atoms with Gasteiger partial charge in [-0.2, -0.15) is 0 Å². The Kier molecular flexibility index (Phi) is 4.89. The van der Waals surface area contributed by atoms with Crippen molar-refractivity contribution in [3.63, 3.8) is 0 Å². The highest BCUT2D eigenvalue weighted by atomic mass is 32.2. The summed E-state index contributed by atoms with van der Waals surface area (Å²) in [5, 5.41) is 2.78. The van der Waals surface area contributed by atoms with Gasteiger partial charge in [-0.15, -0.1) is 6.58 Å². The molecule has 1 amide bonds. The van der Waals surface area contributed by atoms with Crippen molar-refractivity contribution in [2.45, 2.75) is 44.4 Å². The maximum Gasteiger partial charge on any atom is 0.238 e. The second kappa shape index (κ2) is 5.78. The zero-order chi connectivity index (χ0) is 13.1. The lowest BCUT2D eigenvalue weighted by Crippen LogP contribution is -2.47. The highest BCUT2D eigenvalue weighted by molar-refractivity contribution is 7.84. The molecule has 2 atom stereocenters. The van der Waals surface area contributed by atoms with E-state index in [1.165, 1.54) is 0 Å². The van der Waals surface area contributed by atoms with Crippen LogP contribution < -0.4 is 5.32 Å². The summed E-state index contributed by atoms with van der Waals surface area (Å²) >= 11 is 0. The number of amides is 1. The van der Waals surface area contributed by atoms with E-state index in [0.717, 1.165) is 19.4 Å². The Morgan fingerprint density at radius 3 is 2.76 bits per heavy atom. The second-order valence-corrected chi connectivity index (χ2v) is 7.39. The number of hydrogen-bond acceptors (Lipinski definition) is 2. The van der Waals surface area contributed by atoms with Crippen LogP contribution in [0.25, 0.3) is 0 Å². The molecule has 5 heteroatoms. The van der Waals surface area contributed by atoms with Gasteiger partial charge in [0, 0.05) is 13.1 Å². The smallest absolute Gasteiger partial charge is 0.238 e. The van der Waals surface area contributed by atoms with Crippen molar-refractivity contribution in [2.75, 3.05) is 13.1 Å². The molecule has 2 unspecified atom stereocenters. The third-order valence-electron chi connectivity index (χ3n) is 2.66. The zero-order valence-electron chi connectivity index (χ0n) is 10.9. The SMILES string of the molecule is C=CCNC(=O)C1CCCN1S(=O)C(C)(C)C. The summed E-state index contributed by atoms with van der Waals surface area (Å²) in [5.41, 5.74) is 0. The first kappa shape index (κ1) is 14.4. The molecule has 0 aromatic carbocycles. The molecule has 0 radical (unpaired) electrons. The van der Waals surface area contributed by atoms with Crippen LogP contribution in [-0.4, -0.2) is 38.3 Å². The molecule has 0 bridgehead atoms. The van der Waals surface area contributed by atoms with Gasteiger partial charge in [-0.3, -0.25) is 4.79 Å². The summed E-state index contributed by atoms with van der Waals surface area (Å²) in [7, 11) is -1.12. The van der Waals surface area contributed by atoms with Gasteiger partial charge in [-0.05, 0) is 33.6 Å². The van der Waals surface area contributed by atoms with Crippen LogP contribution in [-0.2, 0) is 15.8 Å². The summed E-state index contributed by atoms with van der Waals surface area (Å²) in [5.74, 6) is -0.0417. The minimum Gasteiger partial charge on any atom is -0.351 e. The Labute approximate surface area is 106 Å². The third kappa shape index (κ3) is 3.64. The molecule has 98 valence electrons. The van der Waals surface area contributed by atoms with Gasteiger partial charge in [0.15, 0.2) is 0 Å². The highest BCUT2D eigenvalue weighted by Gasteiger charge is 2.38. The molecule has 1 fully saturated rings. The lowest BCUT2D eigenvalue weighted by atomic mass is 10.2. The van der Waals surface area contributed by atoms with E-state index in [1.807, 2.05) is 25.1 Å². The topological polar surface area (TPSA) is 49.4 Å². The Morgan fingerprint density at radius 1 is 1.59 bits per heavy atom. The molecule has 0 saturated carbocycles. The number of nitrogens with zero attached hydrogens (tertiary/aromatic N) is 1. The third-order valence-corrected chi connectivity index (χ3v) is 4.57. The molecule has 1 rings (SSSR count). The predicted octanol–water partition coefficient (Wildman–Crippen LogP) is 1.22. The first-order valence-electron chi connectivity index (χ1n) is 5.95. The quantitative estimate of drug-likeness (QED) is 0.771. The molecule has 1 saturated heterocycles. The van der Waals surface area contributed by atoms with E-state index in [4.69, 9.17) is 0 Å². The molecule has 1 heterocycles.